The topological polar surface area (TPSA) is 70.7 Å². The highest BCUT2D eigenvalue weighted by molar-refractivity contribution is 9.11. The van der Waals surface area contributed by atoms with Crippen LogP contribution in [-0.2, 0) is 7.05 Å². The third-order valence-corrected chi connectivity index (χ3v) is 3.60. The number of halogens is 1. The van der Waals surface area contributed by atoms with Crippen molar-refractivity contribution in [2.75, 3.05) is 5.32 Å². The molecule has 5 nitrogen and oxygen atoms in total. The summed E-state index contributed by atoms with van der Waals surface area (Å²) in [5.41, 5.74) is 0.344. The Kier molecular flexibility index (Phi) is 3.26. The van der Waals surface area contributed by atoms with Crippen LogP contribution in [0.15, 0.2) is 22.1 Å². The van der Waals surface area contributed by atoms with Crippen LogP contribution >= 0.6 is 27.3 Å². The van der Waals surface area contributed by atoms with Crippen molar-refractivity contribution in [3.05, 3.63) is 32.6 Å². The summed E-state index contributed by atoms with van der Waals surface area (Å²) in [4.78, 5) is 12.4. The number of thiophene rings is 1. The molecule has 1 amide bonds. The van der Waals surface area contributed by atoms with E-state index in [0.717, 1.165) is 3.79 Å². The number of nitrogens with zero attached hydrogens (tertiary/aromatic N) is 3. The number of rotatable bonds is 2. The molecule has 2 aromatic rings. The fourth-order valence-electron chi connectivity index (χ4n) is 1.27. The van der Waals surface area contributed by atoms with Gasteiger partial charge in [0.2, 0.25) is 0 Å². The fourth-order valence-corrected chi connectivity index (χ4v) is 2.55. The van der Waals surface area contributed by atoms with Gasteiger partial charge in [-0.1, -0.05) is 0 Å². The number of carbonyl (C=O) groups excluding carboxylic acids is 1. The first-order chi connectivity index (χ1) is 8.10. The van der Waals surface area contributed by atoms with Crippen LogP contribution in [0.5, 0.6) is 0 Å². The second-order valence-corrected chi connectivity index (χ2v) is 5.70. The van der Waals surface area contributed by atoms with Gasteiger partial charge in [-0.05, 0) is 28.1 Å². The molecule has 0 unspecified atom stereocenters. The molecule has 0 aliphatic carbocycles. The van der Waals surface area contributed by atoms with Crippen LogP contribution in [-0.4, -0.2) is 15.7 Å². The van der Waals surface area contributed by atoms with E-state index < -0.39 is 0 Å². The summed E-state index contributed by atoms with van der Waals surface area (Å²) in [5.74, 6) is 0.0143. The van der Waals surface area contributed by atoms with Gasteiger partial charge in [0.1, 0.15) is 11.6 Å². The number of hydrogen-bond acceptors (Lipinski definition) is 4. The van der Waals surface area contributed by atoms with E-state index in [4.69, 9.17) is 5.26 Å². The standard InChI is InChI=1S/C10H7BrN4OS/c1-15-5-6(4-12)9(14-15)13-10(16)7-2-3-8(11)17-7/h2-3,5H,1H3,(H,13,14,16). The van der Waals surface area contributed by atoms with Gasteiger partial charge in [0.15, 0.2) is 5.82 Å². The second-order valence-electron chi connectivity index (χ2n) is 3.23. The number of carbonyl (C=O) groups is 1. The number of amides is 1. The van der Waals surface area contributed by atoms with E-state index in [1.54, 1.807) is 25.4 Å². The molecule has 86 valence electrons. The van der Waals surface area contributed by atoms with Crippen LogP contribution < -0.4 is 5.32 Å². The van der Waals surface area contributed by atoms with Crippen LogP contribution in [0.25, 0.3) is 0 Å². The lowest BCUT2D eigenvalue weighted by molar-refractivity contribution is 0.103. The van der Waals surface area contributed by atoms with Crippen molar-refractivity contribution in [1.82, 2.24) is 9.78 Å². The van der Waals surface area contributed by atoms with Gasteiger partial charge in [-0.25, -0.2) is 0 Å². The minimum Gasteiger partial charge on any atom is -0.303 e. The van der Waals surface area contributed by atoms with E-state index in [1.165, 1.54) is 16.0 Å². The molecule has 1 N–H and O–H groups in total. The molecule has 2 rings (SSSR count). The molecule has 0 atom stereocenters. The summed E-state index contributed by atoms with van der Waals surface area (Å²) in [5, 5.41) is 15.5. The summed E-state index contributed by atoms with van der Waals surface area (Å²) in [6.45, 7) is 0. The average molecular weight is 311 g/mol. The minimum atomic E-state index is -0.268. The Balaban J connectivity index is 2.21. The van der Waals surface area contributed by atoms with Crippen molar-refractivity contribution in [3.63, 3.8) is 0 Å². The van der Waals surface area contributed by atoms with Crippen LogP contribution in [0.2, 0.25) is 0 Å². The van der Waals surface area contributed by atoms with Crippen LogP contribution in [0.1, 0.15) is 15.2 Å². The first kappa shape index (κ1) is 11.8. The zero-order chi connectivity index (χ0) is 12.4. The van der Waals surface area contributed by atoms with Crippen molar-refractivity contribution >= 4 is 39.0 Å². The predicted octanol–water partition coefficient (Wildman–Crippen LogP) is 2.37. The third-order valence-electron chi connectivity index (χ3n) is 1.98. The molecule has 0 bridgehead atoms. The first-order valence-electron chi connectivity index (χ1n) is 4.60. The molecule has 17 heavy (non-hydrogen) atoms. The zero-order valence-corrected chi connectivity index (χ0v) is 11.2. The van der Waals surface area contributed by atoms with Gasteiger partial charge in [-0.2, -0.15) is 10.4 Å². The van der Waals surface area contributed by atoms with Gasteiger partial charge < -0.3 is 5.32 Å². The Hall–Kier alpha value is -1.65. The monoisotopic (exact) mass is 310 g/mol. The van der Waals surface area contributed by atoms with Crippen molar-refractivity contribution in [3.8, 4) is 6.07 Å². The van der Waals surface area contributed by atoms with Gasteiger partial charge in [-0.15, -0.1) is 11.3 Å². The second kappa shape index (κ2) is 4.69. The Bertz CT molecular complexity index is 610. The average Bonchev–Trinajstić information content (AvgIpc) is 2.85. The maximum Gasteiger partial charge on any atom is 0.267 e. The highest BCUT2D eigenvalue weighted by atomic mass is 79.9. The molecular formula is C10H7BrN4OS. The van der Waals surface area contributed by atoms with E-state index in [0.29, 0.717) is 10.4 Å². The van der Waals surface area contributed by atoms with Crippen LogP contribution in [0.3, 0.4) is 0 Å². The molecule has 0 fully saturated rings. The predicted molar refractivity (Wildman–Crippen MR) is 67.9 cm³/mol. The van der Waals surface area contributed by atoms with Crippen molar-refractivity contribution in [2.45, 2.75) is 0 Å². The molecule has 0 radical (unpaired) electrons. The highest BCUT2D eigenvalue weighted by Gasteiger charge is 2.13. The fraction of sp³-hybridized carbons (Fsp3) is 0.100. The Morgan fingerprint density at radius 3 is 3.00 bits per heavy atom. The third kappa shape index (κ3) is 2.54. The number of hydrogen-bond donors (Lipinski definition) is 1. The van der Waals surface area contributed by atoms with Gasteiger partial charge in [0.25, 0.3) is 5.91 Å². The van der Waals surface area contributed by atoms with Gasteiger partial charge >= 0.3 is 0 Å². The molecule has 0 aliphatic heterocycles. The summed E-state index contributed by atoms with van der Waals surface area (Å²) in [6, 6.07) is 5.48. The zero-order valence-electron chi connectivity index (χ0n) is 8.77. The Morgan fingerprint density at radius 1 is 1.65 bits per heavy atom. The lowest BCUT2D eigenvalue weighted by Crippen LogP contribution is -2.11. The summed E-state index contributed by atoms with van der Waals surface area (Å²) in [6.07, 6.45) is 1.56. The molecule has 0 saturated carbocycles. The molecule has 2 heterocycles. The summed E-state index contributed by atoms with van der Waals surface area (Å²) < 4.78 is 2.36. The van der Waals surface area contributed by atoms with Crippen LogP contribution in [0.4, 0.5) is 5.82 Å². The van der Waals surface area contributed by atoms with E-state index in [1.807, 2.05) is 6.07 Å². The molecule has 0 spiro atoms. The van der Waals surface area contributed by atoms with Gasteiger partial charge in [-0.3, -0.25) is 9.48 Å². The molecule has 0 aliphatic rings. The normalized spacial score (nSPS) is 9.94. The van der Waals surface area contributed by atoms with E-state index in [2.05, 4.69) is 26.3 Å². The number of anilines is 1. The maximum absolute atomic E-state index is 11.8. The lowest BCUT2D eigenvalue weighted by atomic mass is 10.3. The van der Waals surface area contributed by atoms with Gasteiger partial charge in [0, 0.05) is 13.2 Å². The smallest absolute Gasteiger partial charge is 0.267 e. The van der Waals surface area contributed by atoms with Gasteiger partial charge in [0.05, 0.1) is 8.66 Å². The lowest BCUT2D eigenvalue weighted by Gasteiger charge is -1.98. The number of nitriles is 1. The summed E-state index contributed by atoms with van der Waals surface area (Å²) in [7, 11) is 1.69. The number of nitrogens with one attached hydrogen (secondary N) is 1. The Labute approximate surface area is 110 Å². The molecule has 7 heteroatoms. The number of aromatic nitrogens is 2. The van der Waals surface area contributed by atoms with Crippen LogP contribution in [0, 0.1) is 11.3 Å². The quantitative estimate of drug-likeness (QED) is 0.925. The molecule has 2 aromatic heterocycles. The molecular weight excluding hydrogens is 304 g/mol. The van der Waals surface area contributed by atoms with Crippen molar-refractivity contribution in [1.29, 1.82) is 5.26 Å². The number of aryl methyl sites for hydroxylation is 1. The van der Waals surface area contributed by atoms with Crippen molar-refractivity contribution < 1.29 is 4.79 Å². The Morgan fingerprint density at radius 2 is 2.41 bits per heavy atom. The molecule has 0 saturated heterocycles. The highest BCUT2D eigenvalue weighted by Crippen LogP contribution is 2.23. The van der Waals surface area contributed by atoms with E-state index in [9.17, 15) is 4.79 Å². The summed E-state index contributed by atoms with van der Waals surface area (Å²) >= 11 is 4.61. The SMILES string of the molecule is Cn1cc(C#N)c(NC(=O)c2ccc(Br)s2)n1. The van der Waals surface area contributed by atoms with E-state index in [-0.39, 0.29) is 11.7 Å². The first-order valence-corrected chi connectivity index (χ1v) is 6.21. The maximum atomic E-state index is 11.8. The van der Waals surface area contributed by atoms with Crippen molar-refractivity contribution in [2.24, 2.45) is 7.05 Å². The largest absolute Gasteiger partial charge is 0.303 e. The minimum absolute atomic E-state index is 0.268. The molecule has 0 aromatic carbocycles. The van der Waals surface area contributed by atoms with E-state index >= 15 is 0 Å².